The highest BCUT2D eigenvalue weighted by Gasteiger charge is 1.95. The number of nitrogen functional groups attached to an aromatic ring is 1. The third kappa shape index (κ3) is 2.70. The van der Waals surface area contributed by atoms with Gasteiger partial charge in [0.2, 0.25) is 0 Å². The highest BCUT2D eigenvalue weighted by Crippen LogP contribution is 2.08. The summed E-state index contributed by atoms with van der Waals surface area (Å²) in [6.07, 6.45) is 6.10. The SMILES string of the molecule is Nc1cc(NCCc2cnc[nH]2)ccn1. The van der Waals surface area contributed by atoms with Crippen LogP contribution in [0.4, 0.5) is 11.5 Å². The van der Waals surface area contributed by atoms with Crippen LogP contribution in [0, 0.1) is 0 Å². The van der Waals surface area contributed by atoms with Crippen molar-refractivity contribution in [3.05, 3.63) is 36.5 Å². The Balaban J connectivity index is 1.83. The second-order valence-electron chi connectivity index (χ2n) is 3.22. The van der Waals surface area contributed by atoms with Crippen LogP contribution in [0.2, 0.25) is 0 Å². The Hall–Kier alpha value is -2.04. The molecule has 5 heteroatoms. The fourth-order valence-electron chi connectivity index (χ4n) is 1.32. The van der Waals surface area contributed by atoms with Gasteiger partial charge in [-0.05, 0) is 6.07 Å². The number of imidazole rings is 1. The molecule has 0 aliphatic heterocycles. The summed E-state index contributed by atoms with van der Waals surface area (Å²) in [5.74, 6) is 0.529. The van der Waals surface area contributed by atoms with E-state index >= 15 is 0 Å². The van der Waals surface area contributed by atoms with Crippen molar-refractivity contribution >= 4 is 11.5 Å². The zero-order valence-corrected chi connectivity index (χ0v) is 8.27. The van der Waals surface area contributed by atoms with Crippen molar-refractivity contribution in [1.82, 2.24) is 15.0 Å². The van der Waals surface area contributed by atoms with Gasteiger partial charge in [-0.1, -0.05) is 0 Å². The first-order valence-corrected chi connectivity index (χ1v) is 4.77. The summed E-state index contributed by atoms with van der Waals surface area (Å²) >= 11 is 0. The van der Waals surface area contributed by atoms with E-state index in [9.17, 15) is 0 Å². The van der Waals surface area contributed by atoms with Crippen molar-refractivity contribution < 1.29 is 0 Å². The molecule has 0 spiro atoms. The molecule has 15 heavy (non-hydrogen) atoms. The number of rotatable bonds is 4. The van der Waals surface area contributed by atoms with Crippen LogP contribution in [0.3, 0.4) is 0 Å². The topological polar surface area (TPSA) is 79.6 Å². The summed E-state index contributed by atoms with van der Waals surface area (Å²) in [5.41, 5.74) is 7.66. The molecule has 0 radical (unpaired) electrons. The maximum absolute atomic E-state index is 5.56. The fraction of sp³-hybridized carbons (Fsp3) is 0.200. The number of anilines is 2. The molecule has 0 amide bonds. The molecule has 78 valence electrons. The minimum Gasteiger partial charge on any atom is -0.385 e. The van der Waals surface area contributed by atoms with Gasteiger partial charge in [0, 0.05) is 42.8 Å². The first-order valence-electron chi connectivity index (χ1n) is 4.77. The molecule has 0 bridgehead atoms. The van der Waals surface area contributed by atoms with Crippen molar-refractivity contribution in [1.29, 1.82) is 0 Å². The fourth-order valence-corrected chi connectivity index (χ4v) is 1.32. The Morgan fingerprint density at radius 2 is 2.40 bits per heavy atom. The van der Waals surface area contributed by atoms with Gasteiger partial charge < -0.3 is 16.0 Å². The Morgan fingerprint density at radius 3 is 3.13 bits per heavy atom. The first-order chi connectivity index (χ1) is 7.34. The highest BCUT2D eigenvalue weighted by atomic mass is 14.9. The molecule has 2 aromatic rings. The van der Waals surface area contributed by atoms with Crippen LogP contribution in [0.15, 0.2) is 30.9 Å². The van der Waals surface area contributed by atoms with Gasteiger partial charge in [-0.25, -0.2) is 9.97 Å². The summed E-state index contributed by atoms with van der Waals surface area (Å²) in [5, 5.41) is 3.26. The first kappa shape index (κ1) is 9.51. The molecule has 0 aliphatic rings. The van der Waals surface area contributed by atoms with Gasteiger partial charge in [-0.2, -0.15) is 0 Å². The molecule has 5 nitrogen and oxygen atoms in total. The van der Waals surface area contributed by atoms with E-state index in [1.165, 1.54) is 0 Å². The number of H-pyrrole nitrogens is 1. The average molecular weight is 203 g/mol. The van der Waals surface area contributed by atoms with Crippen LogP contribution in [-0.2, 0) is 6.42 Å². The molecule has 2 aromatic heterocycles. The maximum Gasteiger partial charge on any atom is 0.125 e. The second kappa shape index (κ2) is 4.45. The van der Waals surface area contributed by atoms with E-state index in [0.717, 1.165) is 24.3 Å². The molecule has 0 aliphatic carbocycles. The zero-order valence-electron chi connectivity index (χ0n) is 8.27. The lowest BCUT2D eigenvalue weighted by atomic mass is 10.3. The van der Waals surface area contributed by atoms with Crippen molar-refractivity contribution in [2.75, 3.05) is 17.6 Å². The molecule has 0 aromatic carbocycles. The second-order valence-corrected chi connectivity index (χ2v) is 3.22. The van der Waals surface area contributed by atoms with Gasteiger partial charge in [-0.15, -0.1) is 0 Å². The molecule has 0 atom stereocenters. The van der Waals surface area contributed by atoms with Crippen LogP contribution < -0.4 is 11.1 Å². The summed E-state index contributed by atoms with van der Waals surface area (Å²) < 4.78 is 0. The van der Waals surface area contributed by atoms with E-state index in [4.69, 9.17) is 5.73 Å². The lowest BCUT2D eigenvalue weighted by molar-refractivity contribution is 0.976. The molecule has 0 saturated heterocycles. The Morgan fingerprint density at radius 1 is 1.47 bits per heavy atom. The van der Waals surface area contributed by atoms with Gasteiger partial charge in [0.1, 0.15) is 5.82 Å². The average Bonchev–Trinajstić information content (AvgIpc) is 2.71. The molecular weight excluding hydrogens is 190 g/mol. The van der Waals surface area contributed by atoms with Crippen LogP contribution in [0.25, 0.3) is 0 Å². The van der Waals surface area contributed by atoms with Crippen LogP contribution in [-0.4, -0.2) is 21.5 Å². The number of nitrogens with two attached hydrogens (primary N) is 1. The van der Waals surface area contributed by atoms with Crippen LogP contribution in [0.1, 0.15) is 5.69 Å². The van der Waals surface area contributed by atoms with Gasteiger partial charge in [-0.3, -0.25) is 0 Å². The van der Waals surface area contributed by atoms with E-state index in [1.807, 2.05) is 18.3 Å². The van der Waals surface area contributed by atoms with Gasteiger partial charge in [0.25, 0.3) is 0 Å². The van der Waals surface area contributed by atoms with E-state index < -0.39 is 0 Å². The lowest BCUT2D eigenvalue weighted by Crippen LogP contribution is -2.05. The predicted molar refractivity (Wildman–Crippen MR) is 59.4 cm³/mol. The molecule has 4 N–H and O–H groups in total. The van der Waals surface area contributed by atoms with Crippen molar-refractivity contribution in [2.45, 2.75) is 6.42 Å². The number of pyridine rings is 1. The highest BCUT2D eigenvalue weighted by molar-refractivity contribution is 5.49. The molecular formula is C10H13N5. The van der Waals surface area contributed by atoms with E-state index in [2.05, 4.69) is 20.3 Å². The van der Waals surface area contributed by atoms with Gasteiger partial charge in [0.05, 0.1) is 6.33 Å². The lowest BCUT2D eigenvalue weighted by Gasteiger charge is -2.05. The molecule has 2 heterocycles. The molecule has 0 saturated carbocycles. The Kier molecular flexibility index (Phi) is 2.82. The quantitative estimate of drug-likeness (QED) is 0.693. The minimum atomic E-state index is 0.529. The number of hydrogen-bond donors (Lipinski definition) is 3. The molecule has 0 unspecified atom stereocenters. The number of nitrogens with one attached hydrogen (secondary N) is 2. The normalized spacial score (nSPS) is 10.1. The van der Waals surface area contributed by atoms with E-state index in [1.54, 1.807) is 12.5 Å². The number of hydrogen-bond acceptors (Lipinski definition) is 4. The summed E-state index contributed by atoms with van der Waals surface area (Å²) in [6.45, 7) is 0.839. The predicted octanol–water partition coefficient (Wildman–Crippen LogP) is 1.04. The summed E-state index contributed by atoms with van der Waals surface area (Å²) in [7, 11) is 0. The summed E-state index contributed by atoms with van der Waals surface area (Å²) in [4.78, 5) is 10.9. The van der Waals surface area contributed by atoms with E-state index in [0.29, 0.717) is 5.82 Å². The Labute approximate surface area is 87.8 Å². The Bertz CT molecular complexity index is 410. The largest absolute Gasteiger partial charge is 0.385 e. The third-order valence-corrected chi connectivity index (χ3v) is 2.06. The third-order valence-electron chi connectivity index (χ3n) is 2.06. The monoisotopic (exact) mass is 203 g/mol. The van der Waals surface area contributed by atoms with Crippen LogP contribution in [0.5, 0.6) is 0 Å². The smallest absolute Gasteiger partial charge is 0.125 e. The van der Waals surface area contributed by atoms with E-state index in [-0.39, 0.29) is 0 Å². The number of nitrogens with zero attached hydrogens (tertiary/aromatic N) is 2. The summed E-state index contributed by atoms with van der Waals surface area (Å²) in [6, 6.07) is 3.70. The van der Waals surface area contributed by atoms with Crippen molar-refractivity contribution in [3.63, 3.8) is 0 Å². The molecule has 2 rings (SSSR count). The minimum absolute atomic E-state index is 0.529. The van der Waals surface area contributed by atoms with Crippen molar-refractivity contribution in [3.8, 4) is 0 Å². The van der Waals surface area contributed by atoms with Crippen molar-refractivity contribution in [2.24, 2.45) is 0 Å². The van der Waals surface area contributed by atoms with Crippen LogP contribution >= 0.6 is 0 Å². The zero-order chi connectivity index (χ0) is 10.5. The standard InChI is InChI=1S/C10H13N5/c11-10-5-8(1-4-14-10)13-3-2-9-6-12-7-15-9/h1,4-7H,2-3H2,(H,12,15)(H3,11,13,14). The molecule has 0 fully saturated rings. The van der Waals surface area contributed by atoms with Gasteiger partial charge >= 0.3 is 0 Å². The number of aromatic nitrogens is 3. The maximum atomic E-state index is 5.56. The van der Waals surface area contributed by atoms with Gasteiger partial charge in [0.15, 0.2) is 0 Å². The number of aromatic amines is 1.